The molecule has 1 N–H and O–H groups in total. The molecule has 0 aliphatic carbocycles. The molecule has 33 heavy (non-hydrogen) atoms. The molecule has 166 valence electrons. The molecule has 5 aromatic rings. The van der Waals surface area contributed by atoms with Crippen LogP contribution in [0.4, 0.5) is 11.4 Å². The van der Waals surface area contributed by atoms with Gasteiger partial charge in [0.25, 0.3) is 0 Å². The number of ether oxygens (including phenoxy) is 2. The first-order valence-electron chi connectivity index (χ1n) is 10.5. The molecule has 0 fully saturated rings. The van der Waals surface area contributed by atoms with Crippen molar-refractivity contribution in [2.75, 3.05) is 19.5 Å². The lowest BCUT2D eigenvalue weighted by Crippen LogP contribution is -2.02. The number of anilines is 2. The molecule has 2 aromatic carbocycles. The van der Waals surface area contributed by atoms with Crippen LogP contribution in [0.2, 0.25) is 0 Å². The smallest absolute Gasteiger partial charge is 0.177 e. The van der Waals surface area contributed by atoms with Crippen molar-refractivity contribution in [3.05, 3.63) is 78.6 Å². The van der Waals surface area contributed by atoms with Gasteiger partial charge in [-0.1, -0.05) is 12.1 Å². The monoisotopic (exact) mass is 440 g/mol. The maximum atomic E-state index is 5.66. The Bertz CT molecular complexity index is 1450. The van der Waals surface area contributed by atoms with Gasteiger partial charge in [0.05, 0.1) is 55.2 Å². The number of aromatic nitrogens is 5. The van der Waals surface area contributed by atoms with Crippen molar-refractivity contribution in [2.24, 2.45) is 0 Å². The lowest BCUT2D eigenvalue weighted by atomic mass is 10.1. The molecular weight excluding hydrogens is 416 g/mol. The van der Waals surface area contributed by atoms with Crippen molar-refractivity contribution in [1.29, 1.82) is 0 Å². The summed E-state index contributed by atoms with van der Waals surface area (Å²) in [5, 5.41) is 8.26. The number of imidazole rings is 2. The van der Waals surface area contributed by atoms with Crippen LogP contribution in [0.25, 0.3) is 22.6 Å². The molecule has 0 atom stereocenters. The molecule has 0 saturated heterocycles. The van der Waals surface area contributed by atoms with Crippen LogP contribution in [0.15, 0.2) is 67.3 Å². The SMILES string of the molecule is COc1ccccc1-c1cc(Nc2ccc(-n3cnc(C)c3)c(OC)c2)c2nc(C)cn2n1. The van der Waals surface area contributed by atoms with E-state index in [1.807, 2.05) is 79.3 Å². The van der Waals surface area contributed by atoms with Crippen LogP contribution in [0, 0.1) is 13.8 Å². The molecule has 3 aromatic heterocycles. The Morgan fingerprint density at radius 1 is 0.879 bits per heavy atom. The number of rotatable bonds is 6. The predicted molar refractivity (Wildman–Crippen MR) is 128 cm³/mol. The number of methoxy groups -OCH3 is 2. The molecular formula is C25H24N6O2. The normalized spacial score (nSPS) is 11.0. The second kappa shape index (κ2) is 8.31. The molecule has 0 radical (unpaired) electrons. The first-order valence-corrected chi connectivity index (χ1v) is 10.5. The lowest BCUT2D eigenvalue weighted by molar-refractivity contribution is 0.413. The van der Waals surface area contributed by atoms with E-state index < -0.39 is 0 Å². The molecule has 0 amide bonds. The van der Waals surface area contributed by atoms with Gasteiger partial charge < -0.3 is 19.4 Å². The standard InChI is InChI=1S/C25H24N6O2/c1-16-13-30(15-26-16)22-10-9-18(11-24(22)33-4)28-21-12-20(19-7-5-6-8-23(19)32-3)29-31-14-17(2)27-25(21)31/h5-15,28H,1-4H3. The van der Waals surface area contributed by atoms with Crippen LogP contribution in [-0.4, -0.2) is 38.4 Å². The van der Waals surface area contributed by atoms with Crippen molar-refractivity contribution >= 4 is 17.0 Å². The average Bonchev–Trinajstić information content (AvgIpc) is 3.43. The number of para-hydroxylation sites is 1. The predicted octanol–water partition coefficient (Wildman–Crippen LogP) is 4.96. The fraction of sp³-hybridized carbons (Fsp3) is 0.160. The highest BCUT2D eigenvalue weighted by molar-refractivity contribution is 5.80. The Labute approximate surface area is 191 Å². The summed E-state index contributed by atoms with van der Waals surface area (Å²) in [6, 6.07) is 15.8. The minimum absolute atomic E-state index is 0.729. The second-order valence-electron chi connectivity index (χ2n) is 7.73. The highest BCUT2D eigenvalue weighted by Crippen LogP contribution is 2.33. The zero-order chi connectivity index (χ0) is 22.9. The van der Waals surface area contributed by atoms with Crippen LogP contribution in [0.3, 0.4) is 0 Å². The summed E-state index contributed by atoms with van der Waals surface area (Å²) < 4.78 is 15.0. The Kier molecular flexibility index (Phi) is 5.18. The summed E-state index contributed by atoms with van der Waals surface area (Å²) >= 11 is 0. The van der Waals surface area contributed by atoms with Gasteiger partial charge >= 0.3 is 0 Å². The topological polar surface area (TPSA) is 78.5 Å². The van der Waals surface area contributed by atoms with Crippen LogP contribution >= 0.6 is 0 Å². The van der Waals surface area contributed by atoms with E-state index in [4.69, 9.17) is 14.6 Å². The van der Waals surface area contributed by atoms with Gasteiger partial charge in [-0.3, -0.25) is 0 Å². The third-order valence-corrected chi connectivity index (χ3v) is 5.38. The summed E-state index contributed by atoms with van der Waals surface area (Å²) in [5.74, 6) is 1.49. The first kappa shape index (κ1) is 20.6. The van der Waals surface area contributed by atoms with Gasteiger partial charge in [-0.15, -0.1) is 0 Å². The maximum absolute atomic E-state index is 5.66. The number of benzene rings is 2. The summed E-state index contributed by atoms with van der Waals surface area (Å²) in [6.07, 6.45) is 5.65. The van der Waals surface area contributed by atoms with E-state index in [0.29, 0.717) is 0 Å². The quantitative estimate of drug-likeness (QED) is 0.402. The molecule has 0 unspecified atom stereocenters. The van der Waals surface area contributed by atoms with Gasteiger partial charge in [0.15, 0.2) is 5.65 Å². The highest BCUT2D eigenvalue weighted by atomic mass is 16.5. The minimum Gasteiger partial charge on any atom is -0.496 e. The van der Waals surface area contributed by atoms with Crippen molar-refractivity contribution < 1.29 is 9.47 Å². The summed E-state index contributed by atoms with van der Waals surface area (Å²) in [4.78, 5) is 8.97. The average molecular weight is 441 g/mol. The number of hydrogen-bond acceptors (Lipinski definition) is 6. The van der Waals surface area contributed by atoms with E-state index in [0.717, 1.165) is 56.9 Å². The molecule has 8 heteroatoms. The molecule has 0 aliphatic heterocycles. The lowest BCUT2D eigenvalue weighted by Gasteiger charge is -2.14. The van der Waals surface area contributed by atoms with Crippen molar-refractivity contribution in [2.45, 2.75) is 13.8 Å². The number of fused-ring (bicyclic) bond motifs is 1. The van der Waals surface area contributed by atoms with E-state index >= 15 is 0 Å². The zero-order valence-electron chi connectivity index (χ0n) is 18.9. The molecule has 0 aliphatic rings. The largest absolute Gasteiger partial charge is 0.496 e. The van der Waals surface area contributed by atoms with E-state index in [-0.39, 0.29) is 0 Å². The molecule has 0 bridgehead atoms. The van der Waals surface area contributed by atoms with E-state index in [1.165, 1.54) is 0 Å². The Balaban J connectivity index is 1.59. The maximum Gasteiger partial charge on any atom is 0.177 e. The van der Waals surface area contributed by atoms with Gasteiger partial charge in [-0.05, 0) is 44.2 Å². The fourth-order valence-electron chi connectivity index (χ4n) is 3.85. The highest BCUT2D eigenvalue weighted by Gasteiger charge is 2.14. The zero-order valence-corrected chi connectivity index (χ0v) is 18.9. The van der Waals surface area contributed by atoms with Gasteiger partial charge in [-0.25, -0.2) is 14.5 Å². The summed E-state index contributed by atoms with van der Waals surface area (Å²) in [5.41, 5.74) is 6.84. The number of nitrogens with zero attached hydrogens (tertiary/aromatic N) is 5. The Hall–Kier alpha value is -4.33. The molecule has 8 nitrogen and oxygen atoms in total. The van der Waals surface area contributed by atoms with Gasteiger partial charge in [-0.2, -0.15) is 5.10 Å². The second-order valence-corrected chi connectivity index (χ2v) is 7.73. The number of aryl methyl sites for hydroxylation is 2. The van der Waals surface area contributed by atoms with Gasteiger partial charge in [0.1, 0.15) is 11.5 Å². The fourth-order valence-corrected chi connectivity index (χ4v) is 3.85. The number of hydrogen-bond donors (Lipinski definition) is 1. The van der Waals surface area contributed by atoms with Crippen molar-refractivity contribution in [1.82, 2.24) is 24.1 Å². The molecule has 0 spiro atoms. The van der Waals surface area contributed by atoms with Crippen molar-refractivity contribution in [3.63, 3.8) is 0 Å². The summed E-state index contributed by atoms with van der Waals surface area (Å²) in [6.45, 7) is 3.91. The Morgan fingerprint density at radius 3 is 2.45 bits per heavy atom. The third-order valence-electron chi connectivity index (χ3n) is 5.38. The van der Waals surface area contributed by atoms with E-state index in [1.54, 1.807) is 25.1 Å². The molecule has 5 rings (SSSR count). The third kappa shape index (κ3) is 3.87. The van der Waals surface area contributed by atoms with Crippen LogP contribution < -0.4 is 14.8 Å². The van der Waals surface area contributed by atoms with Gasteiger partial charge in [0, 0.05) is 23.5 Å². The van der Waals surface area contributed by atoms with Crippen LogP contribution in [0.1, 0.15) is 11.4 Å². The van der Waals surface area contributed by atoms with E-state index in [9.17, 15) is 0 Å². The van der Waals surface area contributed by atoms with Crippen molar-refractivity contribution in [3.8, 4) is 28.4 Å². The van der Waals surface area contributed by atoms with Gasteiger partial charge in [0.2, 0.25) is 0 Å². The van der Waals surface area contributed by atoms with Crippen LogP contribution in [0.5, 0.6) is 11.5 Å². The number of nitrogens with one attached hydrogen (secondary N) is 1. The van der Waals surface area contributed by atoms with E-state index in [2.05, 4.69) is 15.3 Å². The Morgan fingerprint density at radius 2 is 1.70 bits per heavy atom. The first-order chi connectivity index (χ1) is 16.1. The molecule has 0 saturated carbocycles. The minimum atomic E-state index is 0.729. The van der Waals surface area contributed by atoms with Crippen LogP contribution in [-0.2, 0) is 0 Å². The summed E-state index contributed by atoms with van der Waals surface area (Å²) in [7, 11) is 3.32. The molecule has 3 heterocycles.